The molecule has 0 radical (unpaired) electrons. The van der Waals surface area contributed by atoms with Gasteiger partial charge in [-0.15, -0.1) is 0 Å². The lowest BCUT2D eigenvalue weighted by Crippen LogP contribution is -2.60. The number of aromatic nitrogens is 2. The molecule has 3 aromatic rings. The maximum Gasteiger partial charge on any atom is 0.254 e. The third-order valence-electron chi connectivity index (χ3n) is 5.97. The van der Waals surface area contributed by atoms with Crippen LogP contribution in [0, 0.1) is 0 Å². The molecule has 1 saturated heterocycles. The van der Waals surface area contributed by atoms with E-state index in [9.17, 15) is 9.59 Å². The highest BCUT2D eigenvalue weighted by Crippen LogP contribution is 2.19. The van der Waals surface area contributed by atoms with Crippen LogP contribution in [0.5, 0.6) is 0 Å². The number of carbonyl (C=O) groups excluding carboxylic acids is 2. The molecular formula is C25H29N5O2. The zero-order chi connectivity index (χ0) is 22.3. The monoisotopic (exact) mass is 431 g/mol. The van der Waals surface area contributed by atoms with E-state index in [0.717, 1.165) is 25.1 Å². The van der Waals surface area contributed by atoms with E-state index in [1.807, 2.05) is 54.7 Å². The molecule has 0 spiro atoms. The number of nitrogens with zero attached hydrogens (tertiary/aromatic N) is 4. The summed E-state index contributed by atoms with van der Waals surface area (Å²) >= 11 is 0. The first kappa shape index (κ1) is 21.8. The van der Waals surface area contributed by atoms with Crippen molar-refractivity contribution in [2.45, 2.75) is 19.0 Å². The highest BCUT2D eigenvalue weighted by molar-refractivity contribution is 5.99. The van der Waals surface area contributed by atoms with Gasteiger partial charge in [0.2, 0.25) is 5.91 Å². The van der Waals surface area contributed by atoms with Crippen LogP contribution in [0.2, 0.25) is 0 Å². The molecule has 4 rings (SSSR count). The van der Waals surface area contributed by atoms with Crippen molar-refractivity contribution in [3.63, 3.8) is 0 Å². The zero-order valence-electron chi connectivity index (χ0n) is 18.4. The lowest BCUT2D eigenvalue weighted by Gasteiger charge is -2.40. The zero-order valence-corrected chi connectivity index (χ0v) is 18.4. The van der Waals surface area contributed by atoms with Crippen LogP contribution in [-0.2, 0) is 17.8 Å². The summed E-state index contributed by atoms with van der Waals surface area (Å²) in [6.07, 6.45) is 4.52. The Hall–Kier alpha value is -3.45. The van der Waals surface area contributed by atoms with Crippen LogP contribution < -0.4 is 5.32 Å². The molecule has 2 heterocycles. The smallest absolute Gasteiger partial charge is 0.254 e. The normalized spacial score (nSPS) is 16.7. The topological polar surface area (TPSA) is 70.5 Å². The van der Waals surface area contributed by atoms with E-state index >= 15 is 0 Å². The second-order valence-corrected chi connectivity index (χ2v) is 8.03. The molecule has 1 fully saturated rings. The number of hydrogen-bond acceptors (Lipinski definition) is 4. The lowest BCUT2D eigenvalue weighted by molar-refractivity contribution is -0.127. The van der Waals surface area contributed by atoms with Gasteiger partial charge in [0, 0.05) is 51.2 Å². The Morgan fingerprint density at radius 1 is 1.03 bits per heavy atom. The number of benzene rings is 2. The van der Waals surface area contributed by atoms with Crippen LogP contribution in [0.25, 0.3) is 0 Å². The van der Waals surface area contributed by atoms with Crippen LogP contribution in [0.15, 0.2) is 73.1 Å². The summed E-state index contributed by atoms with van der Waals surface area (Å²) in [7, 11) is 1.62. The predicted molar refractivity (Wildman–Crippen MR) is 123 cm³/mol. The SMILES string of the molecule is CNC(=O)C1CN(CCc2ccccc2)CCN1C(=O)c1ccccc1Cn1cccn1. The molecule has 2 aromatic carbocycles. The first-order chi connectivity index (χ1) is 15.7. The van der Waals surface area contributed by atoms with Crippen molar-refractivity contribution in [3.05, 3.63) is 89.7 Å². The van der Waals surface area contributed by atoms with Gasteiger partial charge in [0.1, 0.15) is 6.04 Å². The molecule has 1 N–H and O–H groups in total. The number of carbonyl (C=O) groups is 2. The molecule has 7 heteroatoms. The Labute approximate surface area is 188 Å². The summed E-state index contributed by atoms with van der Waals surface area (Å²) < 4.78 is 1.80. The summed E-state index contributed by atoms with van der Waals surface area (Å²) in [5, 5.41) is 7.00. The average molecular weight is 432 g/mol. The van der Waals surface area contributed by atoms with Gasteiger partial charge in [0.05, 0.1) is 6.54 Å². The van der Waals surface area contributed by atoms with Gasteiger partial charge >= 0.3 is 0 Å². The molecular weight excluding hydrogens is 402 g/mol. The van der Waals surface area contributed by atoms with E-state index in [4.69, 9.17) is 0 Å². The second-order valence-electron chi connectivity index (χ2n) is 8.03. The molecule has 1 aliphatic rings. The van der Waals surface area contributed by atoms with E-state index < -0.39 is 6.04 Å². The standard InChI is InChI=1S/C25H29N5O2/c1-26-24(31)23-19-28(15-12-20-8-3-2-4-9-20)16-17-30(23)25(32)22-11-6-5-10-21(22)18-29-14-7-13-27-29/h2-11,13-14,23H,12,15-19H2,1H3,(H,26,31). The van der Waals surface area contributed by atoms with E-state index in [0.29, 0.717) is 25.2 Å². The van der Waals surface area contributed by atoms with E-state index in [-0.39, 0.29) is 11.8 Å². The first-order valence-electron chi connectivity index (χ1n) is 11.0. The van der Waals surface area contributed by atoms with E-state index in [1.165, 1.54) is 5.56 Å². The minimum Gasteiger partial charge on any atom is -0.357 e. The molecule has 1 atom stereocenters. The Balaban J connectivity index is 1.49. The maximum atomic E-state index is 13.6. The van der Waals surface area contributed by atoms with Crippen molar-refractivity contribution in [1.82, 2.24) is 24.9 Å². The summed E-state index contributed by atoms with van der Waals surface area (Å²) in [6, 6.07) is 19.2. The van der Waals surface area contributed by atoms with Crippen molar-refractivity contribution in [3.8, 4) is 0 Å². The lowest BCUT2D eigenvalue weighted by atomic mass is 10.0. The van der Waals surface area contributed by atoms with Gasteiger partial charge in [-0.3, -0.25) is 19.2 Å². The van der Waals surface area contributed by atoms with Gasteiger partial charge in [-0.1, -0.05) is 48.5 Å². The molecule has 32 heavy (non-hydrogen) atoms. The largest absolute Gasteiger partial charge is 0.357 e. The van der Waals surface area contributed by atoms with Gasteiger partial charge in [0.25, 0.3) is 5.91 Å². The highest BCUT2D eigenvalue weighted by Gasteiger charge is 2.35. The van der Waals surface area contributed by atoms with Gasteiger partial charge in [-0.2, -0.15) is 5.10 Å². The van der Waals surface area contributed by atoms with Gasteiger partial charge in [-0.25, -0.2) is 0 Å². The maximum absolute atomic E-state index is 13.6. The Kier molecular flexibility index (Phi) is 6.97. The molecule has 7 nitrogen and oxygen atoms in total. The quantitative estimate of drug-likeness (QED) is 0.622. The summed E-state index contributed by atoms with van der Waals surface area (Å²) in [4.78, 5) is 30.3. The fourth-order valence-electron chi connectivity index (χ4n) is 4.20. The van der Waals surface area contributed by atoms with Crippen molar-refractivity contribution in [1.29, 1.82) is 0 Å². The molecule has 166 valence electrons. The fraction of sp³-hybridized carbons (Fsp3) is 0.320. The number of likely N-dealkylation sites (N-methyl/N-ethyl adjacent to an activating group) is 1. The molecule has 0 aliphatic carbocycles. The summed E-state index contributed by atoms with van der Waals surface area (Å²) in [5.41, 5.74) is 2.79. The minimum absolute atomic E-state index is 0.107. The van der Waals surface area contributed by atoms with Crippen molar-refractivity contribution in [2.75, 3.05) is 33.2 Å². The van der Waals surface area contributed by atoms with Crippen molar-refractivity contribution in [2.24, 2.45) is 0 Å². The molecule has 1 aliphatic heterocycles. The molecule has 1 aromatic heterocycles. The summed E-state index contributed by atoms with van der Waals surface area (Å²) in [5.74, 6) is -0.239. The molecule has 1 unspecified atom stereocenters. The summed E-state index contributed by atoms with van der Waals surface area (Å²) in [6.45, 7) is 3.15. The first-order valence-corrected chi connectivity index (χ1v) is 11.0. The molecule has 0 bridgehead atoms. The number of hydrogen-bond donors (Lipinski definition) is 1. The van der Waals surface area contributed by atoms with Gasteiger partial charge < -0.3 is 10.2 Å². The number of rotatable bonds is 7. The minimum atomic E-state index is -0.519. The van der Waals surface area contributed by atoms with Gasteiger partial charge in [-0.05, 0) is 29.7 Å². The third kappa shape index (κ3) is 5.06. The van der Waals surface area contributed by atoms with Crippen molar-refractivity contribution >= 4 is 11.8 Å². The molecule has 2 amide bonds. The number of piperazine rings is 1. The predicted octanol–water partition coefficient (Wildman–Crippen LogP) is 2.05. The highest BCUT2D eigenvalue weighted by atomic mass is 16.2. The van der Waals surface area contributed by atoms with Crippen LogP contribution in [0.4, 0.5) is 0 Å². The third-order valence-corrected chi connectivity index (χ3v) is 5.97. The van der Waals surface area contributed by atoms with Crippen molar-refractivity contribution < 1.29 is 9.59 Å². The second kappa shape index (κ2) is 10.2. The van der Waals surface area contributed by atoms with Crippen LogP contribution in [-0.4, -0.2) is 70.7 Å². The Morgan fingerprint density at radius 3 is 2.56 bits per heavy atom. The van der Waals surface area contributed by atoms with Gasteiger partial charge in [0.15, 0.2) is 0 Å². The Morgan fingerprint density at radius 2 is 1.81 bits per heavy atom. The molecule has 0 saturated carbocycles. The van der Waals surface area contributed by atoms with Crippen LogP contribution in [0.1, 0.15) is 21.5 Å². The van der Waals surface area contributed by atoms with Crippen LogP contribution >= 0.6 is 0 Å². The average Bonchev–Trinajstić information content (AvgIpc) is 3.36. The van der Waals surface area contributed by atoms with E-state index in [1.54, 1.807) is 22.8 Å². The number of amides is 2. The fourth-order valence-corrected chi connectivity index (χ4v) is 4.20. The van der Waals surface area contributed by atoms with E-state index in [2.05, 4.69) is 27.4 Å². The van der Waals surface area contributed by atoms with Crippen LogP contribution in [0.3, 0.4) is 0 Å². The number of nitrogens with one attached hydrogen (secondary N) is 1. The Bertz CT molecular complexity index is 1040.